The molecule has 0 bridgehead atoms. The zero-order valence-corrected chi connectivity index (χ0v) is 11.4. The molecule has 0 spiro atoms. The molecule has 0 saturated carbocycles. The van der Waals surface area contributed by atoms with E-state index in [1.807, 2.05) is 18.2 Å². The maximum absolute atomic E-state index is 5.36. The maximum Gasteiger partial charge on any atom is 0.231 e. The van der Waals surface area contributed by atoms with Gasteiger partial charge in [0.25, 0.3) is 0 Å². The molecule has 4 nitrogen and oxygen atoms in total. The zero-order valence-electron chi connectivity index (χ0n) is 11.4. The summed E-state index contributed by atoms with van der Waals surface area (Å²) in [5, 5.41) is 3.38. The highest BCUT2D eigenvalue weighted by atomic mass is 16.7. The van der Waals surface area contributed by atoms with Gasteiger partial charge in [0.2, 0.25) is 6.79 Å². The van der Waals surface area contributed by atoms with E-state index in [-0.39, 0.29) is 0 Å². The molecular formula is C16H17NO3. The molecule has 3 rings (SSSR count). The third-order valence-corrected chi connectivity index (χ3v) is 3.20. The molecular weight excluding hydrogens is 254 g/mol. The molecule has 104 valence electrons. The predicted molar refractivity (Wildman–Crippen MR) is 77.0 cm³/mol. The highest BCUT2D eigenvalue weighted by Gasteiger charge is 2.12. The van der Waals surface area contributed by atoms with E-state index in [9.17, 15) is 0 Å². The molecule has 1 aliphatic heterocycles. The van der Waals surface area contributed by atoms with Gasteiger partial charge in [-0.05, 0) is 23.3 Å². The van der Waals surface area contributed by atoms with Crippen LogP contribution in [0.25, 0.3) is 0 Å². The van der Waals surface area contributed by atoms with Crippen LogP contribution in [-0.4, -0.2) is 13.9 Å². The van der Waals surface area contributed by atoms with Crippen LogP contribution in [0.15, 0.2) is 42.5 Å². The summed E-state index contributed by atoms with van der Waals surface area (Å²) in [5.41, 5.74) is 3.43. The lowest BCUT2D eigenvalue weighted by Gasteiger charge is -2.08. The quantitative estimate of drug-likeness (QED) is 0.906. The van der Waals surface area contributed by atoms with Crippen LogP contribution >= 0.6 is 0 Å². The van der Waals surface area contributed by atoms with Gasteiger partial charge >= 0.3 is 0 Å². The zero-order chi connectivity index (χ0) is 13.8. The van der Waals surface area contributed by atoms with Gasteiger partial charge in [-0.2, -0.15) is 0 Å². The topological polar surface area (TPSA) is 39.7 Å². The van der Waals surface area contributed by atoms with Crippen molar-refractivity contribution < 1.29 is 14.2 Å². The van der Waals surface area contributed by atoms with E-state index >= 15 is 0 Å². The Kier molecular flexibility index (Phi) is 3.74. The second-order valence-corrected chi connectivity index (χ2v) is 4.67. The van der Waals surface area contributed by atoms with E-state index in [1.165, 1.54) is 11.1 Å². The minimum Gasteiger partial charge on any atom is -0.454 e. The van der Waals surface area contributed by atoms with Crippen LogP contribution in [0.2, 0.25) is 0 Å². The minimum absolute atomic E-state index is 0.305. The maximum atomic E-state index is 5.36. The third-order valence-electron chi connectivity index (χ3n) is 3.20. The normalized spacial score (nSPS) is 12.4. The van der Waals surface area contributed by atoms with Crippen molar-refractivity contribution in [2.75, 3.05) is 19.2 Å². The third kappa shape index (κ3) is 2.86. The number of nitrogens with one attached hydrogen (secondary N) is 1. The SMILES string of the molecule is COCc1ccc(CNc2ccc3c(c2)OCO3)cc1. The first kappa shape index (κ1) is 12.8. The number of benzene rings is 2. The van der Waals surface area contributed by atoms with Crippen LogP contribution in [0.3, 0.4) is 0 Å². The number of hydrogen-bond donors (Lipinski definition) is 1. The molecule has 0 aliphatic carbocycles. The van der Waals surface area contributed by atoms with Crippen LogP contribution in [-0.2, 0) is 17.9 Å². The van der Waals surface area contributed by atoms with Crippen LogP contribution in [0.4, 0.5) is 5.69 Å². The Bertz CT molecular complexity index is 581. The van der Waals surface area contributed by atoms with Crippen molar-refractivity contribution in [3.05, 3.63) is 53.6 Å². The molecule has 20 heavy (non-hydrogen) atoms. The lowest BCUT2D eigenvalue weighted by atomic mass is 10.1. The van der Waals surface area contributed by atoms with Crippen molar-refractivity contribution in [2.24, 2.45) is 0 Å². The Hall–Kier alpha value is -2.20. The fourth-order valence-electron chi connectivity index (χ4n) is 2.13. The van der Waals surface area contributed by atoms with Gasteiger partial charge in [-0.25, -0.2) is 0 Å². The van der Waals surface area contributed by atoms with Crippen LogP contribution in [0.1, 0.15) is 11.1 Å². The number of hydrogen-bond acceptors (Lipinski definition) is 4. The minimum atomic E-state index is 0.305. The van der Waals surface area contributed by atoms with Gasteiger partial charge in [-0.15, -0.1) is 0 Å². The van der Waals surface area contributed by atoms with Crippen molar-refractivity contribution in [1.82, 2.24) is 0 Å². The van der Waals surface area contributed by atoms with Crippen LogP contribution in [0.5, 0.6) is 11.5 Å². The molecule has 0 radical (unpaired) electrons. The van der Waals surface area contributed by atoms with E-state index in [0.717, 1.165) is 23.7 Å². The summed E-state index contributed by atoms with van der Waals surface area (Å²) in [5.74, 6) is 1.60. The second kappa shape index (κ2) is 5.84. The molecule has 1 aliphatic rings. The summed E-state index contributed by atoms with van der Waals surface area (Å²) in [6.07, 6.45) is 0. The van der Waals surface area contributed by atoms with Crippen molar-refractivity contribution in [1.29, 1.82) is 0 Å². The first-order valence-electron chi connectivity index (χ1n) is 6.55. The molecule has 0 fully saturated rings. The molecule has 2 aromatic carbocycles. The highest BCUT2D eigenvalue weighted by Crippen LogP contribution is 2.34. The molecule has 0 amide bonds. The standard InChI is InChI=1S/C16H17NO3/c1-18-10-13-4-2-12(3-5-13)9-17-14-6-7-15-16(8-14)20-11-19-15/h2-8,17H,9-11H2,1H3. The molecule has 1 N–H and O–H groups in total. The number of fused-ring (bicyclic) bond motifs is 1. The summed E-state index contributed by atoms with van der Waals surface area (Å²) in [6, 6.07) is 14.3. The first-order valence-corrected chi connectivity index (χ1v) is 6.55. The Morgan fingerprint density at radius 3 is 2.55 bits per heavy atom. The number of rotatable bonds is 5. The fraction of sp³-hybridized carbons (Fsp3) is 0.250. The second-order valence-electron chi connectivity index (χ2n) is 4.67. The average molecular weight is 271 g/mol. The van der Waals surface area contributed by atoms with Crippen molar-refractivity contribution in [3.63, 3.8) is 0 Å². The smallest absolute Gasteiger partial charge is 0.231 e. The van der Waals surface area contributed by atoms with E-state index in [4.69, 9.17) is 14.2 Å². The van der Waals surface area contributed by atoms with Crippen LogP contribution < -0.4 is 14.8 Å². The highest BCUT2D eigenvalue weighted by molar-refractivity contribution is 5.55. The van der Waals surface area contributed by atoms with E-state index in [0.29, 0.717) is 13.4 Å². The van der Waals surface area contributed by atoms with E-state index in [2.05, 4.69) is 29.6 Å². The van der Waals surface area contributed by atoms with Gasteiger partial charge in [0, 0.05) is 25.4 Å². The van der Waals surface area contributed by atoms with Gasteiger partial charge in [0.15, 0.2) is 11.5 Å². The Morgan fingerprint density at radius 2 is 1.75 bits per heavy atom. The van der Waals surface area contributed by atoms with Gasteiger partial charge in [-0.1, -0.05) is 24.3 Å². The average Bonchev–Trinajstić information content (AvgIpc) is 2.94. The van der Waals surface area contributed by atoms with Gasteiger partial charge in [0.1, 0.15) is 0 Å². The first-order chi connectivity index (χ1) is 9.85. The summed E-state index contributed by atoms with van der Waals surface area (Å²) < 4.78 is 15.7. The van der Waals surface area contributed by atoms with Crippen molar-refractivity contribution in [3.8, 4) is 11.5 Å². The van der Waals surface area contributed by atoms with Crippen LogP contribution in [0, 0.1) is 0 Å². The Balaban J connectivity index is 1.61. The number of ether oxygens (including phenoxy) is 3. The Morgan fingerprint density at radius 1 is 1.00 bits per heavy atom. The lowest BCUT2D eigenvalue weighted by Crippen LogP contribution is -1.99. The summed E-state index contributed by atoms with van der Waals surface area (Å²) in [7, 11) is 1.70. The van der Waals surface area contributed by atoms with Gasteiger partial charge in [-0.3, -0.25) is 0 Å². The summed E-state index contributed by atoms with van der Waals surface area (Å²) >= 11 is 0. The molecule has 0 unspecified atom stereocenters. The monoisotopic (exact) mass is 271 g/mol. The molecule has 4 heteroatoms. The molecule has 0 aromatic heterocycles. The molecule has 0 atom stereocenters. The van der Waals surface area contributed by atoms with E-state index < -0.39 is 0 Å². The number of methoxy groups -OCH3 is 1. The fourth-order valence-corrected chi connectivity index (χ4v) is 2.13. The van der Waals surface area contributed by atoms with E-state index in [1.54, 1.807) is 7.11 Å². The number of anilines is 1. The summed E-state index contributed by atoms with van der Waals surface area (Å²) in [4.78, 5) is 0. The molecule has 0 saturated heterocycles. The van der Waals surface area contributed by atoms with Gasteiger partial charge < -0.3 is 19.5 Å². The predicted octanol–water partition coefficient (Wildman–Crippen LogP) is 3.17. The summed E-state index contributed by atoms with van der Waals surface area (Å²) in [6.45, 7) is 1.72. The lowest BCUT2D eigenvalue weighted by molar-refractivity contribution is 0.174. The van der Waals surface area contributed by atoms with Crippen molar-refractivity contribution >= 4 is 5.69 Å². The molecule has 1 heterocycles. The Labute approximate surface area is 118 Å². The largest absolute Gasteiger partial charge is 0.454 e. The van der Waals surface area contributed by atoms with Gasteiger partial charge in [0.05, 0.1) is 6.61 Å². The van der Waals surface area contributed by atoms with Crippen molar-refractivity contribution in [2.45, 2.75) is 13.2 Å². The molecule has 2 aromatic rings.